The minimum atomic E-state index is 0.0434. The van der Waals surface area contributed by atoms with Gasteiger partial charge in [-0.1, -0.05) is 22.6 Å². The number of nitrogens with zero attached hydrogens (tertiary/aromatic N) is 1. The van der Waals surface area contributed by atoms with Crippen LogP contribution in [0.2, 0.25) is 0 Å². The van der Waals surface area contributed by atoms with Crippen molar-refractivity contribution in [2.75, 3.05) is 11.0 Å². The highest BCUT2D eigenvalue weighted by Gasteiger charge is 2.37. The molecule has 1 saturated heterocycles. The SMILES string of the molecule is [B]C1(CCI)CCN1I. The fourth-order valence-corrected chi connectivity index (χ4v) is 2.55. The molecule has 4 heteroatoms. The quantitative estimate of drug-likeness (QED) is 0.319. The van der Waals surface area contributed by atoms with Gasteiger partial charge in [0, 0.05) is 33.8 Å². The monoisotopic (exact) mass is 347 g/mol. The molecule has 1 rings (SSSR count). The van der Waals surface area contributed by atoms with Gasteiger partial charge in [0.1, 0.15) is 0 Å². The van der Waals surface area contributed by atoms with Gasteiger partial charge >= 0.3 is 0 Å². The first-order valence-electron chi connectivity index (χ1n) is 2.97. The first-order valence-corrected chi connectivity index (χ1v) is 5.46. The van der Waals surface area contributed by atoms with Crippen molar-refractivity contribution in [2.24, 2.45) is 0 Å². The fraction of sp³-hybridized carbons (Fsp3) is 1.00. The highest BCUT2D eigenvalue weighted by molar-refractivity contribution is 14.1. The summed E-state index contributed by atoms with van der Waals surface area (Å²) in [6.07, 6.45) is 2.29. The standard InChI is InChI=1S/C5H8BI2N/c6-5(1-3-7)2-4-9(5)8/h1-4H2. The van der Waals surface area contributed by atoms with E-state index in [0.717, 1.165) is 17.4 Å². The van der Waals surface area contributed by atoms with E-state index in [0.29, 0.717) is 0 Å². The van der Waals surface area contributed by atoms with Crippen LogP contribution in [0.15, 0.2) is 0 Å². The van der Waals surface area contributed by atoms with Gasteiger partial charge in [0.2, 0.25) is 0 Å². The normalized spacial score (nSPS) is 36.2. The van der Waals surface area contributed by atoms with Gasteiger partial charge in [-0.3, -0.25) is 3.11 Å². The van der Waals surface area contributed by atoms with Crippen LogP contribution in [0.25, 0.3) is 0 Å². The maximum atomic E-state index is 5.97. The van der Waals surface area contributed by atoms with Crippen LogP contribution < -0.4 is 0 Å². The first-order chi connectivity index (χ1) is 4.19. The van der Waals surface area contributed by atoms with Crippen molar-refractivity contribution in [1.29, 1.82) is 0 Å². The second-order valence-corrected chi connectivity index (χ2v) is 4.62. The van der Waals surface area contributed by atoms with E-state index >= 15 is 0 Å². The third-order valence-electron chi connectivity index (χ3n) is 1.75. The fourth-order valence-electron chi connectivity index (χ4n) is 0.893. The summed E-state index contributed by atoms with van der Waals surface area (Å²) in [5.41, 5.74) is 0.0434. The van der Waals surface area contributed by atoms with Crippen LogP contribution >= 0.6 is 45.5 Å². The molecular formula is C5H8BI2N. The highest BCUT2D eigenvalue weighted by atomic mass is 127. The molecule has 1 atom stereocenters. The molecule has 0 aliphatic carbocycles. The molecule has 0 bridgehead atoms. The molecule has 9 heavy (non-hydrogen) atoms. The molecule has 50 valence electrons. The van der Waals surface area contributed by atoms with Gasteiger partial charge in [0.25, 0.3) is 0 Å². The van der Waals surface area contributed by atoms with Gasteiger partial charge in [-0.25, -0.2) is 0 Å². The predicted molar refractivity (Wildman–Crippen MR) is 57.3 cm³/mol. The molecule has 1 unspecified atom stereocenters. The summed E-state index contributed by atoms with van der Waals surface area (Å²) in [7, 11) is 5.97. The van der Waals surface area contributed by atoms with Crippen molar-refractivity contribution in [2.45, 2.75) is 18.3 Å². The first kappa shape index (κ1) is 8.58. The zero-order valence-electron chi connectivity index (χ0n) is 5.11. The Kier molecular flexibility index (Phi) is 3.10. The van der Waals surface area contributed by atoms with Crippen LogP contribution in [0.5, 0.6) is 0 Å². The topological polar surface area (TPSA) is 3.24 Å². The predicted octanol–water partition coefficient (Wildman–Crippen LogP) is 1.73. The number of halogens is 2. The largest absolute Gasteiger partial charge is 0.250 e. The molecule has 0 amide bonds. The summed E-state index contributed by atoms with van der Waals surface area (Å²) in [5.74, 6) is 0. The Morgan fingerprint density at radius 2 is 2.33 bits per heavy atom. The van der Waals surface area contributed by atoms with Crippen molar-refractivity contribution in [3.63, 3.8) is 0 Å². The van der Waals surface area contributed by atoms with E-state index in [4.69, 9.17) is 7.85 Å². The lowest BCUT2D eigenvalue weighted by molar-refractivity contribution is 0.194. The third kappa shape index (κ3) is 1.74. The average Bonchev–Trinajstić information content (AvgIpc) is 1.86. The van der Waals surface area contributed by atoms with Gasteiger partial charge in [-0.15, -0.1) is 0 Å². The molecule has 0 N–H and O–H groups in total. The van der Waals surface area contributed by atoms with Crippen LogP contribution in [0.1, 0.15) is 12.8 Å². The summed E-state index contributed by atoms with van der Waals surface area (Å²) < 4.78 is 3.36. The van der Waals surface area contributed by atoms with Gasteiger partial charge in [0.05, 0.1) is 7.85 Å². The number of rotatable bonds is 2. The Balaban J connectivity index is 2.34. The van der Waals surface area contributed by atoms with Gasteiger partial charge in [-0.2, -0.15) is 0 Å². The van der Waals surface area contributed by atoms with Crippen LogP contribution in [0.4, 0.5) is 0 Å². The molecule has 1 aliphatic rings. The minimum Gasteiger partial charge on any atom is -0.250 e. The smallest absolute Gasteiger partial charge is 0.0970 e. The highest BCUT2D eigenvalue weighted by Crippen LogP contribution is 2.34. The Morgan fingerprint density at radius 1 is 1.67 bits per heavy atom. The summed E-state index contributed by atoms with van der Waals surface area (Å²) in [4.78, 5) is 0. The Morgan fingerprint density at radius 3 is 2.44 bits per heavy atom. The Hall–Kier alpha value is 1.48. The second-order valence-electron chi connectivity index (χ2n) is 2.38. The van der Waals surface area contributed by atoms with Crippen molar-refractivity contribution in [1.82, 2.24) is 3.11 Å². The molecular weight excluding hydrogens is 339 g/mol. The molecule has 2 radical (unpaired) electrons. The van der Waals surface area contributed by atoms with Gasteiger partial charge < -0.3 is 0 Å². The molecule has 0 aromatic rings. The average molecular weight is 347 g/mol. The summed E-state index contributed by atoms with van der Waals surface area (Å²) in [6.45, 7) is 1.16. The summed E-state index contributed by atoms with van der Waals surface area (Å²) in [5, 5.41) is 0. The maximum absolute atomic E-state index is 5.97. The van der Waals surface area contributed by atoms with E-state index in [1.54, 1.807) is 0 Å². The molecule has 0 aromatic heterocycles. The number of alkyl halides is 1. The van der Waals surface area contributed by atoms with Crippen LogP contribution in [0.3, 0.4) is 0 Å². The van der Waals surface area contributed by atoms with Gasteiger partial charge in [-0.05, 0) is 18.3 Å². The molecule has 0 aromatic carbocycles. The van der Waals surface area contributed by atoms with E-state index < -0.39 is 0 Å². The molecule has 0 spiro atoms. The lowest BCUT2D eigenvalue weighted by atomic mass is 9.68. The maximum Gasteiger partial charge on any atom is 0.0970 e. The molecule has 1 heterocycles. The van der Waals surface area contributed by atoms with Crippen LogP contribution in [-0.4, -0.2) is 27.4 Å². The Bertz CT molecular complexity index is 111. The van der Waals surface area contributed by atoms with Crippen molar-refractivity contribution < 1.29 is 0 Å². The molecule has 0 saturated carbocycles. The van der Waals surface area contributed by atoms with E-state index in [2.05, 4.69) is 48.6 Å². The van der Waals surface area contributed by atoms with Gasteiger partial charge in [0.15, 0.2) is 0 Å². The number of hydrogen-bond acceptors (Lipinski definition) is 1. The van der Waals surface area contributed by atoms with Crippen molar-refractivity contribution in [3.8, 4) is 0 Å². The van der Waals surface area contributed by atoms with E-state index in [1.807, 2.05) is 0 Å². The van der Waals surface area contributed by atoms with E-state index in [-0.39, 0.29) is 5.44 Å². The lowest BCUT2D eigenvalue weighted by Gasteiger charge is -2.47. The van der Waals surface area contributed by atoms with Crippen LogP contribution in [-0.2, 0) is 0 Å². The zero-order valence-corrected chi connectivity index (χ0v) is 9.42. The third-order valence-corrected chi connectivity index (χ3v) is 3.73. The molecule has 1 aliphatic heterocycles. The zero-order chi connectivity index (χ0) is 6.91. The summed E-state index contributed by atoms with van der Waals surface area (Å²) >= 11 is 4.67. The minimum absolute atomic E-state index is 0.0434. The Labute approximate surface area is 85.0 Å². The number of hydrogen-bond donors (Lipinski definition) is 0. The lowest BCUT2D eigenvalue weighted by Crippen LogP contribution is -2.55. The second kappa shape index (κ2) is 3.25. The summed E-state index contributed by atoms with van der Waals surface area (Å²) in [6, 6.07) is 0. The molecule has 1 nitrogen and oxygen atoms in total. The van der Waals surface area contributed by atoms with Crippen molar-refractivity contribution >= 4 is 53.3 Å². The molecule has 1 fully saturated rings. The van der Waals surface area contributed by atoms with Crippen LogP contribution in [0, 0.1) is 0 Å². The van der Waals surface area contributed by atoms with E-state index in [1.165, 1.54) is 6.42 Å². The van der Waals surface area contributed by atoms with E-state index in [9.17, 15) is 0 Å². The van der Waals surface area contributed by atoms with Crippen molar-refractivity contribution in [3.05, 3.63) is 0 Å².